The van der Waals surface area contributed by atoms with Gasteiger partial charge in [0, 0.05) is 13.1 Å². The number of aromatic carboxylic acids is 1. The predicted molar refractivity (Wildman–Crippen MR) is 153 cm³/mol. The van der Waals surface area contributed by atoms with E-state index in [0.717, 1.165) is 70.0 Å². The van der Waals surface area contributed by atoms with E-state index < -0.39 is 11.6 Å². The SMILES string of the molecule is CC(C)(C)CC[C@H](c1ccc(C(=O)O)cc1)N1C(=O)C(N2CCCCCC2)=NC12CCC(C(C)(C)C)CC2. The summed E-state index contributed by atoms with van der Waals surface area (Å²) in [5, 5.41) is 9.48. The van der Waals surface area contributed by atoms with Crippen LogP contribution in [-0.4, -0.2) is 51.4 Å². The standard InChI is InChI=1S/C32H49N3O3/c1-30(2,3)18-17-26(23-11-13-24(14-12-23)29(37)38)35-28(36)27(34-21-9-7-8-10-22-34)33-32(35)19-15-25(16-20-32)31(4,5)6/h11-14,25-26H,7-10,15-22H2,1-6H3,(H,37,38)/t25?,26-,32?/m1/s1. The number of carboxylic acids is 1. The van der Waals surface area contributed by atoms with Gasteiger partial charge >= 0.3 is 5.97 Å². The van der Waals surface area contributed by atoms with Crippen LogP contribution < -0.4 is 0 Å². The number of aliphatic imine (C=N–C) groups is 1. The van der Waals surface area contributed by atoms with Crippen LogP contribution >= 0.6 is 0 Å². The fourth-order valence-corrected chi connectivity index (χ4v) is 6.68. The van der Waals surface area contributed by atoms with Crippen molar-refractivity contribution in [2.45, 2.75) is 117 Å². The Hall–Kier alpha value is -2.37. The number of likely N-dealkylation sites (tertiary alicyclic amines) is 1. The van der Waals surface area contributed by atoms with Crippen LogP contribution in [0.3, 0.4) is 0 Å². The van der Waals surface area contributed by atoms with Gasteiger partial charge in [0.05, 0.1) is 11.6 Å². The Kier molecular flexibility index (Phi) is 8.30. The summed E-state index contributed by atoms with van der Waals surface area (Å²) in [7, 11) is 0. The van der Waals surface area contributed by atoms with Crippen molar-refractivity contribution in [1.29, 1.82) is 0 Å². The highest BCUT2D eigenvalue weighted by molar-refractivity contribution is 6.39. The molecule has 2 aliphatic heterocycles. The van der Waals surface area contributed by atoms with Gasteiger partial charge in [0.1, 0.15) is 5.66 Å². The van der Waals surface area contributed by atoms with E-state index in [1.165, 1.54) is 12.8 Å². The molecule has 1 aromatic rings. The van der Waals surface area contributed by atoms with E-state index in [0.29, 0.717) is 11.8 Å². The Bertz CT molecular complexity index is 1020. The number of carbonyl (C=O) groups excluding carboxylic acids is 1. The summed E-state index contributed by atoms with van der Waals surface area (Å²) in [5.74, 6) is 0.431. The Morgan fingerprint density at radius 2 is 1.58 bits per heavy atom. The Labute approximate surface area is 229 Å². The van der Waals surface area contributed by atoms with Crippen molar-refractivity contribution in [2.24, 2.45) is 21.7 Å². The number of hydrogen-bond donors (Lipinski definition) is 1. The Morgan fingerprint density at radius 1 is 1.00 bits per heavy atom. The summed E-state index contributed by atoms with van der Waals surface area (Å²) in [6, 6.07) is 7.07. The molecule has 1 atom stereocenters. The molecule has 1 saturated heterocycles. The first-order valence-electron chi connectivity index (χ1n) is 14.8. The molecule has 0 unspecified atom stereocenters. The van der Waals surface area contributed by atoms with E-state index in [1.807, 2.05) is 12.1 Å². The third kappa shape index (κ3) is 6.26. The minimum absolute atomic E-state index is 0.0716. The average Bonchev–Trinajstić information content (AvgIpc) is 3.00. The zero-order valence-electron chi connectivity index (χ0n) is 24.6. The highest BCUT2D eigenvalue weighted by Gasteiger charge is 2.53. The van der Waals surface area contributed by atoms with Gasteiger partial charge < -0.3 is 14.9 Å². The van der Waals surface area contributed by atoms with Gasteiger partial charge in [0.2, 0.25) is 0 Å². The first kappa shape index (κ1) is 28.6. The highest BCUT2D eigenvalue weighted by atomic mass is 16.4. The number of amides is 1. The van der Waals surface area contributed by atoms with E-state index in [1.54, 1.807) is 12.1 Å². The molecule has 3 aliphatic rings. The highest BCUT2D eigenvalue weighted by Crippen LogP contribution is 2.50. The van der Waals surface area contributed by atoms with Crippen LogP contribution in [0.4, 0.5) is 0 Å². The van der Waals surface area contributed by atoms with Crippen molar-refractivity contribution in [3.05, 3.63) is 35.4 Å². The molecule has 0 bridgehead atoms. The second-order valence-corrected chi connectivity index (χ2v) is 14.2. The Morgan fingerprint density at radius 3 is 2.08 bits per heavy atom. The fraction of sp³-hybridized carbons (Fsp3) is 0.719. The number of carboxylic acid groups (broad SMARTS) is 1. The van der Waals surface area contributed by atoms with E-state index >= 15 is 0 Å². The van der Waals surface area contributed by atoms with Crippen molar-refractivity contribution in [1.82, 2.24) is 9.80 Å². The summed E-state index contributed by atoms with van der Waals surface area (Å²) in [6.07, 6.45) is 10.3. The molecule has 1 aliphatic carbocycles. The lowest BCUT2D eigenvalue weighted by Crippen LogP contribution is -2.52. The molecule has 4 rings (SSSR count). The second-order valence-electron chi connectivity index (χ2n) is 14.2. The largest absolute Gasteiger partial charge is 0.478 e. The molecule has 1 aromatic carbocycles. The zero-order valence-corrected chi connectivity index (χ0v) is 24.6. The lowest BCUT2D eigenvalue weighted by molar-refractivity contribution is -0.134. The molecule has 0 radical (unpaired) electrons. The lowest BCUT2D eigenvalue weighted by atomic mass is 9.69. The number of amidine groups is 1. The van der Waals surface area contributed by atoms with Crippen LogP contribution in [0.25, 0.3) is 0 Å². The summed E-state index contributed by atoms with van der Waals surface area (Å²) in [5.41, 5.74) is 1.13. The van der Waals surface area contributed by atoms with Gasteiger partial charge in [-0.05, 0) is 85.8 Å². The molecule has 0 aromatic heterocycles. The van der Waals surface area contributed by atoms with Crippen molar-refractivity contribution < 1.29 is 14.7 Å². The summed E-state index contributed by atoms with van der Waals surface area (Å²) in [4.78, 5) is 35.8. The van der Waals surface area contributed by atoms with Crippen molar-refractivity contribution in [3.63, 3.8) is 0 Å². The molecule has 1 amide bonds. The molecule has 2 fully saturated rings. The molecule has 6 heteroatoms. The maximum atomic E-state index is 14.4. The Balaban J connectivity index is 1.74. The van der Waals surface area contributed by atoms with Crippen LogP contribution in [0, 0.1) is 16.7 Å². The van der Waals surface area contributed by atoms with E-state index in [4.69, 9.17) is 4.99 Å². The maximum Gasteiger partial charge on any atom is 0.335 e. The van der Waals surface area contributed by atoms with Crippen molar-refractivity contribution in [2.75, 3.05) is 13.1 Å². The first-order valence-corrected chi connectivity index (χ1v) is 14.8. The van der Waals surface area contributed by atoms with Crippen LogP contribution in [0.15, 0.2) is 29.3 Å². The number of nitrogens with zero attached hydrogens (tertiary/aromatic N) is 3. The fourth-order valence-electron chi connectivity index (χ4n) is 6.68. The van der Waals surface area contributed by atoms with Gasteiger partial charge in [-0.3, -0.25) is 4.79 Å². The number of benzene rings is 1. The summed E-state index contributed by atoms with van der Waals surface area (Å²) < 4.78 is 0. The molecule has 1 saturated carbocycles. The minimum Gasteiger partial charge on any atom is -0.478 e. The zero-order chi connectivity index (χ0) is 27.7. The monoisotopic (exact) mass is 523 g/mol. The molecule has 6 nitrogen and oxygen atoms in total. The average molecular weight is 524 g/mol. The van der Waals surface area contributed by atoms with Crippen LogP contribution in [0.5, 0.6) is 0 Å². The second kappa shape index (κ2) is 11.0. The van der Waals surface area contributed by atoms with Gasteiger partial charge in [-0.25, -0.2) is 9.79 Å². The van der Waals surface area contributed by atoms with E-state index in [-0.39, 0.29) is 28.3 Å². The van der Waals surface area contributed by atoms with Gasteiger partial charge in [-0.1, -0.05) is 66.5 Å². The predicted octanol–water partition coefficient (Wildman–Crippen LogP) is 7.30. The molecule has 1 spiro atoms. The number of carbonyl (C=O) groups is 2. The topological polar surface area (TPSA) is 73.2 Å². The summed E-state index contributed by atoms with van der Waals surface area (Å²) >= 11 is 0. The van der Waals surface area contributed by atoms with Gasteiger partial charge in [-0.15, -0.1) is 0 Å². The van der Waals surface area contributed by atoms with Crippen molar-refractivity contribution >= 4 is 17.7 Å². The van der Waals surface area contributed by atoms with Gasteiger partial charge in [-0.2, -0.15) is 0 Å². The minimum atomic E-state index is -0.927. The number of rotatable bonds is 5. The van der Waals surface area contributed by atoms with Gasteiger partial charge in [0.15, 0.2) is 5.84 Å². The lowest BCUT2D eigenvalue weighted by Gasteiger charge is -2.47. The van der Waals surface area contributed by atoms with Crippen LogP contribution in [-0.2, 0) is 4.79 Å². The van der Waals surface area contributed by atoms with Crippen LogP contribution in [0.1, 0.15) is 128 Å². The van der Waals surface area contributed by atoms with Crippen molar-refractivity contribution in [3.8, 4) is 0 Å². The quantitative estimate of drug-likeness (QED) is 0.439. The molecular weight excluding hydrogens is 474 g/mol. The van der Waals surface area contributed by atoms with Crippen LogP contribution in [0.2, 0.25) is 0 Å². The third-order valence-electron chi connectivity index (χ3n) is 9.11. The molecular formula is C32H49N3O3. The maximum absolute atomic E-state index is 14.4. The molecule has 2 heterocycles. The first-order chi connectivity index (χ1) is 17.8. The summed E-state index contributed by atoms with van der Waals surface area (Å²) in [6.45, 7) is 15.5. The van der Waals surface area contributed by atoms with Gasteiger partial charge in [0.25, 0.3) is 5.91 Å². The van der Waals surface area contributed by atoms with E-state index in [9.17, 15) is 14.7 Å². The van der Waals surface area contributed by atoms with E-state index in [2.05, 4.69) is 51.3 Å². The number of hydrogen-bond acceptors (Lipinski definition) is 4. The molecule has 210 valence electrons. The molecule has 38 heavy (non-hydrogen) atoms. The molecule has 1 N–H and O–H groups in total. The normalized spacial score (nSPS) is 25.9. The third-order valence-corrected chi connectivity index (χ3v) is 9.11. The smallest absolute Gasteiger partial charge is 0.335 e.